The molecule has 0 aromatic carbocycles. The first-order valence-corrected chi connectivity index (χ1v) is 6.01. The lowest BCUT2D eigenvalue weighted by molar-refractivity contribution is 0.102. The van der Waals surface area contributed by atoms with Crippen LogP contribution in [0.4, 0.5) is 11.6 Å². The Morgan fingerprint density at radius 3 is 2.74 bits per heavy atom. The zero-order valence-corrected chi connectivity index (χ0v) is 10.8. The molecule has 0 saturated carbocycles. The molecule has 0 atom stereocenters. The predicted molar refractivity (Wildman–Crippen MR) is 73.1 cm³/mol. The third kappa shape index (κ3) is 3.25. The summed E-state index contributed by atoms with van der Waals surface area (Å²) in [5.74, 6) is 0.857. The van der Waals surface area contributed by atoms with Crippen LogP contribution in [0.3, 0.4) is 0 Å². The number of rotatable bonds is 4. The van der Waals surface area contributed by atoms with E-state index >= 15 is 0 Å². The van der Waals surface area contributed by atoms with Crippen LogP contribution in [0.1, 0.15) is 23.0 Å². The van der Waals surface area contributed by atoms with E-state index in [0.717, 1.165) is 12.1 Å². The van der Waals surface area contributed by atoms with E-state index in [9.17, 15) is 4.79 Å². The van der Waals surface area contributed by atoms with Gasteiger partial charge in [0.05, 0.1) is 0 Å². The third-order valence-electron chi connectivity index (χ3n) is 2.50. The Balaban J connectivity index is 2.10. The van der Waals surface area contributed by atoms with E-state index in [-0.39, 0.29) is 11.6 Å². The lowest BCUT2D eigenvalue weighted by atomic mass is 10.3. The van der Waals surface area contributed by atoms with Crippen molar-refractivity contribution in [3.63, 3.8) is 0 Å². The Labute approximate surface area is 111 Å². The fourth-order valence-electron chi connectivity index (χ4n) is 1.52. The first-order chi connectivity index (χ1) is 9.20. The molecule has 2 aromatic heterocycles. The number of nitrogens with zero attached hydrogens (tertiary/aromatic N) is 3. The van der Waals surface area contributed by atoms with E-state index in [1.165, 1.54) is 0 Å². The molecule has 0 saturated heterocycles. The average Bonchev–Trinajstić information content (AvgIpc) is 2.42. The molecule has 1 amide bonds. The van der Waals surface area contributed by atoms with Gasteiger partial charge in [-0.1, -0.05) is 6.07 Å². The van der Waals surface area contributed by atoms with E-state index in [2.05, 4.69) is 25.8 Å². The molecule has 2 heterocycles. The van der Waals surface area contributed by atoms with Crippen molar-refractivity contribution >= 4 is 17.5 Å². The van der Waals surface area contributed by atoms with E-state index in [4.69, 9.17) is 0 Å². The van der Waals surface area contributed by atoms with E-state index in [1.54, 1.807) is 18.3 Å². The predicted octanol–water partition coefficient (Wildman–Crippen LogP) is 1.86. The van der Waals surface area contributed by atoms with Crippen LogP contribution in [0.15, 0.2) is 30.5 Å². The summed E-state index contributed by atoms with van der Waals surface area (Å²) in [6, 6.07) is 7.04. The number of pyridine rings is 1. The van der Waals surface area contributed by atoms with E-state index in [0.29, 0.717) is 11.6 Å². The summed E-state index contributed by atoms with van der Waals surface area (Å²) in [7, 11) is 0. The first kappa shape index (κ1) is 12.9. The van der Waals surface area contributed by atoms with Gasteiger partial charge in [-0.2, -0.15) is 0 Å². The summed E-state index contributed by atoms with van der Waals surface area (Å²) in [6.45, 7) is 4.60. The summed E-state index contributed by atoms with van der Waals surface area (Å²) in [6.07, 6.45) is 1.63. The van der Waals surface area contributed by atoms with Gasteiger partial charge in [-0.3, -0.25) is 4.79 Å². The minimum absolute atomic E-state index is 0.256. The van der Waals surface area contributed by atoms with Crippen LogP contribution in [-0.4, -0.2) is 27.6 Å². The highest BCUT2D eigenvalue weighted by Crippen LogP contribution is 2.10. The zero-order chi connectivity index (χ0) is 13.7. The molecule has 19 heavy (non-hydrogen) atoms. The second-order valence-electron chi connectivity index (χ2n) is 3.96. The van der Waals surface area contributed by atoms with Gasteiger partial charge in [-0.25, -0.2) is 4.98 Å². The molecule has 0 aliphatic carbocycles. The number of aromatic nitrogens is 3. The van der Waals surface area contributed by atoms with Crippen molar-refractivity contribution in [2.45, 2.75) is 13.8 Å². The number of amides is 1. The topological polar surface area (TPSA) is 79.8 Å². The number of hydrogen-bond donors (Lipinski definition) is 2. The number of carbonyl (C=O) groups is 1. The van der Waals surface area contributed by atoms with Gasteiger partial charge in [0.1, 0.15) is 11.6 Å². The largest absolute Gasteiger partial charge is 0.369 e. The molecular formula is C13H15N5O. The minimum atomic E-state index is -0.322. The highest BCUT2D eigenvalue weighted by Gasteiger charge is 2.10. The maximum absolute atomic E-state index is 12.0. The summed E-state index contributed by atoms with van der Waals surface area (Å²) in [5, 5.41) is 13.5. The molecule has 0 unspecified atom stereocenters. The van der Waals surface area contributed by atoms with Crippen molar-refractivity contribution in [2.24, 2.45) is 0 Å². The third-order valence-corrected chi connectivity index (χ3v) is 2.50. The van der Waals surface area contributed by atoms with Crippen molar-refractivity contribution in [3.8, 4) is 0 Å². The average molecular weight is 257 g/mol. The van der Waals surface area contributed by atoms with Crippen LogP contribution in [0.2, 0.25) is 0 Å². The number of anilines is 2. The van der Waals surface area contributed by atoms with E-state index < -0.39 is 0 Å². The second-order valence-corrected chi connectivity index (χ2v) is 3.96. The molecule has 0 spiro atoms. The van der Waals surface area contributed by atoms with Crippen LogP contribution in [0.5, 0.6) is 0 Å². The van der Waals surface area contributed by atoms with Crippen LogP contribution in [0.25, 0.3) is 0 Å². The molecule has 0 aliphatic rings. The zero-order valence-electron chi connectivity index (χ0n) is 10.8. The Morgan fingerprint density at radius 2 is 2.11 bits per heavy atom. The van der Waals surface area contributed by atoms with Gasteiger partial charge in [0.25, 0.3) is 5.91 Å². The molecule has 2 N–H and O–H groups in total. The molecule has 0 radical (unpaired) electrons. The Morgan fingerprint density at radius 1 is 1.26 bits per heavy atom. The Bertz CT molecular complexity index is 568. The fourth-order valence-corrected chi connectivity index (χ4v) is 1.52. The van der Waals surface area contributed by atoms with Gasteiger partial charge in [0.2, 0.25) is 0 Å². The highest BCUT2D eigenvalue weighted by atomic mass is 16.2. The molecular weight excluding hydrogens is 242 g/mol. The number of carbonyl (C=O) groups excluding carboxylic acids is 1. The van der Waals surface area contributed by atoms with Crippen molar-refractivity contribution < 1.29 is 4.79 Å². The molecule has 98 valence electrons. The lowest BCUT2D eigenvalue weighted by Gasteiger charge is -2.06. The molecule has 6 nitrogen and oxygen atoms in total. The molecule has 0 bridgehead atoms. The van der Waals surface area contributed by atoms with Crippen LogP contribution in [-0.2, 0) is 0 Å². The van der Waals surface area contributed by atoms with Crippen LogP contribution < -0.4 is 10.6 Å². The lowest BCUT2D eigenvalue weighted by Crippen LogP contribution is -2.16. The van der Waals surface area contributed by atoms with Gasteiger partial charge < -0.3 is 10.6 Å². The molecule has 2 rings (SSSR count). The molecule has 6 heteroatoms. The summed E-state index contributed by atoms with van der Waals surface area (Å²) >= 11 is 0. The van der Waals surface area contributed by atoms with Crippen molar-refractivity contribution in [2.75, 3.05) is 17.2 Å². The van der Waals surface area contributed by atoms with Gasteiger partial charge in [-0.05, 0) is 37.6 Å². The molecule has 2 aromatic rings. The van der Waals surface area contributed by atoms with Crippen molar-refractivity contribution in [1.29, 1.82) is 0 Å². The van der Waals surface area contributed by atoms with Gasteiger partial charge in [-0.15, -0.1) is 10.2 Å². The first-order valence-electron chi connectivity index (χ1n) is 6.01. The van der Waals surface area contributed by atoms with Crippen LogP contribution >= 0.6 is 0 Å². The summed E-state index contributed by atoms with van der Waals surface area (Å²) in [4.78, 5) is 16.1. The Kier molecular flexibility index (Phi) is 4.02. The van der Waals surface area contributed by atoms with Gasteiger partial charge >= 0.3 is 0 Å². The van der Waals surface area contributed by atoms with Gasteiger partial charge in [0.15, 0.2) is 5.69 Å². The smallest absolute Gasteiger partial charge is 0.277 e. The van der Waals surface area contributed by atoms with Gasteiger partial charge in [0, 0.05) is 12.7 Å². The van der Waals surface area contributed by atoms with Crippen molar-refractivity contribution in [1.82, 2.24) is 15.2 Å². The minimum Gasteiger partial charge on any atom is -0.369 e. The quantitative estimate of drug-likeness (QED) is 0.874. The highest BCUT2D eigenvalue weighted by molar-refractivity contribution is 6.02. The SMILES string of the molecule is CCNc1ccc(C(=O)Nc2ncccc2C)nn1. The standard InChI is InChI=1S/C13H15N5O/c1-3-14-11-7-6-10(17-18-11)13(19)16-12-9(2)5-4-8-15-12/h4-8H,3H2,1-2H3,(H,14,18)(H,15,16,19). The molecule has 0 aliphatic heterocycles. The molecule has 0 fully saturated rings. The fraction of sp³-hybridized carbons (Fsp3) is 0.231. The van der Waals surface area contributed by atoms with Crippen LogP contribution in [0, 0.1) is 6.92 Å². The number of hydrogen-bond acceptors (Lipinski definition) is 5. The maximum atomic E-state index is 12.0. The normalized spacial score (nSPS) is 10.0. The van der Waals surface area contributed by atoms with E-state index in [1.807, 2.05) is 26.0 Å². The number of aryl methyl sites for hydroxylation is 1. The maximum Gasteiger partial charge on any atom is 0.277 e. The second kappa shape index (κ2) is 5.90. The Hall–Kier alpha value is -2.50. The van der Waals surface area contributed by atoms with Crippen molar-refractivity contribution in [3.05, 3.63) is 41.7 Å². The number of nitrogens with one attached hydrogen (secondary N) is 2. The summed E-state index contributed by atoms with van der Waals surface area (Å²) < 4.78 is 0. The monoisotopic (exact) mass is 257 g/mol. The summed E-state index contributed by atoms with van der Waals surface area (Å²) in [5.41, 5.74) is 1.15.